The first kappa shape index (κ1) is 13.9. The summed E-state index contributed by atoms with van der Waals surface area (Å²) in [7, 11) is 0. The first-order valence-electron chi connectivity index (χ1n) is 3.89. The third kappa shape index (κ3) is 2.95. The molecule has 1 aromatic rings. The maximum absolute atomic E-state index is 12.5. The van der Waals surface area contributed by atoms with Gasteiger partial charge >= 0.3 is 6.18 Å². The lowest BCUT2D eigenvalue weighted by molar-refractivity contribution is -0.388. The van der Waals surface area contributed by atoms with Crippen LogP contribution < -0.4 is 0 Å². The van der Waals surface area contributed by atoms with Gasteiger partial charge in [0.2, 0.25) is 0 Å². The first-order valence-corrected chi connectivity index (χ1v) is 5.06. The molecule has 0 atom stereocenters. The standard InChI is InChI=1S/C8H2BrClF3NO3/c9-4-1-3(7(10)15)2-5(14(16)17)6(4)8(11,12)13/h1-2H. The van der Waals surface area contributed by atoms with Gasteiger partial charge in [0.25, 0.3) is 10.9 Å². The topological polar surface area (TPSA) is 60.2 Å². The molecule has 1 aromatic carbocycles. The molecule has 0 amide bonds. The molecule has 0 unspecified atom stereocenters. The van der Waals surface area contributed by atoms with E-state index < -0.39 is 37.6 Å². The van der Waals surface area contributed by atoms with E-state index in [1.165, 1.54) is 0 Å². The Hall–Kier alpha value is -1.15. The Morgan fingerprint density at radius 3 is 2.29 bits per heavy atom. The highest BCUT2D eigenvalue weighted by Crippen LogP contribution is 2.41. The number of carbonyl (C=O) groups excluding carboxylic acids is 1. The molecule has 0 bridgehead atoms. The number of hydrogen-bond acceptors (Lipinski definition) is 3. The smallest absolute Gasteiger partial charge is 0.276 e. The van der Waals surface area contributed by atoms with Crippen molar-refractivity contribution >= 4 is 38.5 Å². The summed E-state index contributed by atoms with van der Waals surface area (Å²) in [6, 6.07) is 1.27. The molecule has 1 rings (SSSR count). The minimum atomic E-state index is -4.91. The van der Waals surface area contributed by atoms with Gasteiger partial charge in [-0.25, -0.2) is 0 Å². The molecule has 0 aromatic heterocycles. The van der Waals surface area contributed by atoms with E-state index in [1.807, 2.05) is 0 Å². The lowest BCUT2D eigenvalue weighted by atomic mass is 10.1. The zero-order valence-corrected chi connectivity index (χ0v) is 10.1. The van der Waals surface area contributed by atoms with Crippen molar-refractivity contribution in [3.05, 3.63) is 37.8 Å². The van der Waals surface area contributed by atoms with Crippen molar-refractivity contribution in [1.82, 2.24) is 0 Å². The number of rotatable bonds is 2. The fourth-order valence-corrected chi connectivity index (χ4v) is 1.91. The summed E-state index contributed by atoms with van der Waals surface area (Å²) in [4.78, 5) is 20.1. The van der Waals surface area contributed by atoms with Crippen LogP contribution in [0.4, 0.5) is 18.9 Å². The lowest BCUT2D eigenvalue weighted by Gasteiger charge is -2.10. The van der Waals surface area contributed by atoms with E-state index in [2.05, 4.69) is 15.9 Å². The molecule has 9 heteroatoms. The van der Waals surface area contributed by atoms with Gasteiger partial charge in [-0.1, -0.05) is 0 Å². The molecule has 0 aliphatic heterocycles. The van der Waals surface area contributed by atoms with Gasteiger partial charge in [-0.05, 0) is 33.6 Å². The number of nitro groups is 1. The number of nitrogens with zero attached hydrogens (tertiary/aromatic N) is 1. The highest BCUT2D eigenvalue weighted by Gasteiger charge is 2.41. The largest absolute Gasteiger partial charge is 0.424 e. The fourth-order valence-electron chi connectivity index (χ4n) is 1.13. The molecule has 0 saturated heterocycles. The van der Waals surface area contributed by atoms with Gasteiger partial charge in [0, 0.05) is 16.1 Å². The predicted octanol–water partition coefficient (Wildman–Crippen LogP) is 3.76. The molecule has 0 fully saturated rings. The average Bonchev–Trinajstić information content (AvgIpc) is 2.13. The van der Waals surface area contributed by atoms with E-state index in [-0.39, 0.29) is 0 Å². The Balaban J connectivity index is 3.61. The zero-order chi connectivity index (χ0) is 13.4. The van der Waals surface area contributed by atoms with Gasteiger partial charge in [0.1, 0.15) is 5.56 Å². The van der Waals surface area contributed by atoms with Crippen molar-refractivity contribution in [3.63, 3.8) is 0 Å². The molecule has 92 valence electrons. The van der Waals surface area contributed by atoms with Crippen molar-refractivity contribution in [1.29, 1.82) is 0 Å². The third-order valence-corrected chi connectivity index (χ3v) is 2.62. The summed E-state index contributed by atoms with van der Waals surface area (Å²) in [5, 5.41) is 9.44. The van der Waals surface area contributed by atoms with Crippen molar-refractivity contribution in [2.75, 3.05) is 0 Å². The Morgan fingerprint density at radius 2 is 1.94 bits per heavy atom. The average molecular weight is 332 g/mol. The lowest BCUT2D eigenvalue weighted by Crippen LogP contribution is -2.11. The van der Waals surface area contributed by atoms with Crippen LogP contribution in [-0.2, 0) is 6.18 Å². The molecule has 0 radical (unpaired) electrons. The second kappa shape index (κ2) is 4.61. The van der Waals surface area contributed by atoms with E-state index in [0.29, 0.717) is 6.07 Å². The van der Waals surface area contributed by atoms with Crippen LogP contribution in [0.25, 0.3) is 0 Å². The number of nitro benzene ring substituents is 1. The zero-order valence-electron chi connectivity index (χ0n) is 7.72. The van der Waals surface area contributed by atoms with Crippen molar-refractivity contribution in [2.45, 2.75) is 6.18 Å². The van der Waals surface area contributed by atoms with E-state index in [0.717, 1.165) is 6.07 Å². The molecule has 4 nitrogen and oxygen atoms in total. The van der Waals surface area contributed by atoms with Crippen molar-refractivity contribution in [2.24, 2.45) is 0 Å². The maximum Gasteiger partial charge on any atom is 0.424 e. The molecule has 0 spiro atoms. The van der Waals surface area contributed by atoms with Crippen LogP contribution in [0.15, 0.2) is 16.6 Å². The van der Waals surface area contributed by atoms with E-state index in [4.69, 9.17) is 11.6 Å². The summed E-state index contributed by atoms with van der Waals surface area (Å²) < 4.78 is 37.0. The summed E-state index contributed by atoms with van der Waals surface area (Å²) in [6.07, 6.45) is -4.91. The van der Waals surface area contributed by atoms with E-state index >= 15 is 0 Å². The second-order valence-electron chi connectivity index (χ2n) is 2.88. The minimum absolute atomic E-state index is 0.391. The van der Waals surface area contributed by atoms with Gasteiger partial charge in [0.15, 0.2) is 0 Å². The Morgan fingerprint density at radius 1 is 1.41 bits per heavy atom. The molecular formula is C8H2BrClF3NO3. The monoisotopic (exact) mass is 331 g/mol. The normalized spacial score (nSPS) is 11.4. The van der Waals surface area contributed by atoms with E-state index in [9.17, 15) is 28.1 Å². The van der Waals surface area contributed by atoms with Gasteiger partial charge < -0.3 is 0 Å². The number of carbonyl (C=O) groups is 1. The van der Waals surface area contributed by atoms with Crippen LogP contribution in [0.1, 0.15) is 15.9 Å². The van der Waals surface area contributed by atoms with Crippen LogP contribution >= 0.6 is 27.5 Å². The number of hydrogen-bond donors (Lipinski definition) is 0. The molecule has 17 heavy (non-hydrogen) atoms. The molecular weight excluding hydrogens is 330 g/mol. The van der Waals surface area contributed by atoms with Crippen LogP contribution in [0.5, 0.6) is 0 Å². The van der Waals surface area contributed by atoms with Gasteiger partial charge in [0.05, 0.1) is 4.92 Å². The van der Waals surface area contributed by atoms with Crippen LogP contribution in [0.3, 0.4) is 0 Å². The van der Waals surface area contributed by atoms with Gasteiger partial charge in [-0.3, -0.25) is 14.9 Å². The molecule has 0 aliphatic rings. The predicted molar refractivity (Wildman–Crippen MR) is 56.0 cm³/mol. The fraction of sp³-hybridized carbons (Fsp3) is 0.125. The Bertz CT molecular complexity index is 504. The third-order valence-electron chi connectivity index (χ3n) is 1.78. The van der Waals surface area contributed by atoms with Crippen molar-refractivity contribution < 1.29 is 22.9 Å². The Labute approximate surface area is 106 Å². The summed E-state index contributed by atoms with van der Waals surface area (Å²) in [6.45, 7) is 0. The minimum Gasteiger partial charge on any atom is -0.276 e. The van der Waals surface area contributed by atoms with Gasteiger partial charge in [-0.15, -0.1) is 0 Å². The molecule has 0 saturated carbocycles. The summed E-state index contributed by atoms with van der Waals surface area (Å²) in [5.41, 5.74) is -3.07. The van der Waals surface area contributed by atoms with Crippen LogP contribution in [0, 0.1) is 10.1 Å². The molecule has 0 aliphatic carbocycles. The summed E-state index contributed by atoms with van der Waals surface area (Å²) in [5.74, 6) is 0. The quantitative estimate of drug-likeness (QED) is 0.471. The van der Waals surface area contributed by atoms with Gasteiger partial charge in [-0.2, -0.15) is 13.2 Å². The molecule has 0 N–H and O–H groups in total. The Kier molecular flexibility index (Phi) is 3.78. The van der Waals surface area contributed by atoms with Crippen molar-refractivity contribution in [3.8, 4) is 0 Å². The van der Waals surface area contributed by atoms with Crippen LogP contribution in [-0.4, -0.2) is 10.2 Å². The number of halogens is 5. The highest BCUT2D eigenvalue weighted by molar-refractivity contribution is 9.10. The van der Waals surface area contributed by atoms with Crippen LogP contribution in [0.2, 0.25) is 0 Å². The highest BCUT2D eigenvalue weighted by atomic mass is 79.9. The maximum atomic E-state index is 12.5. The number of benzene rings is 1. The molecule has 0 heterocycles. The van der Waals surface area contributed by atoms with E-state index in [1.54, 1.807) is 0 Å². The summed E-state index contributed by atoms with van der Waals surface area (Å²) >= 11 is 7.59. The number of alkyl halides is 3. The first-order chi connectivity index (χ1) is 7.64. The second-order valence-corrected chi connectivity index (χ2v) is 4.08. The SMILES string of the molecule is O=C(Cl)c1cc(Br)c(C(F)(F)F)c([N+](=O)[O-])c1.